The van der Waals surface area contributed by atoms with Crippen LogP contribution in [0.2, 0.25) is 0 Å². The van der Waals surface area contributed by atoms with Gasteiger partial charge in [0.15, 0.2) is 0 Å². The molecule has 1 heterocycles. The van der Waals surface area contributed by atoms with Gasteiger partial charge in [0.05, 0.1) is 10.5 Å². The van der Waals surface area contributed by atoms with Gasteiger partial charge in [0, 0.05) is 28.8 Å². The molecule has 2 aromatic rings. The normalized spacial score (nSPS) is 11.7. The summed E-state index contributed by atoms with van der Waals surface area (Å²) in [7, 11) is 0. The monoisotopic (exact) mass is 252 g/mol. The molecule has 5 heteroatoms. The molecular formula is C14H8N2O3. The molecule has 0 amide bonds. The van der Waals surface area contributed by atoms with Crippen LogP contribution in [0, 0.1) is 21.4 Å². The van der Waals surface area contributed by atoms with Crippen LogP contribution in [0.25, 0.3) is 11.1 Å². The first-order chi connectivity index (χ1) is 9.20. The molecule has 0 atom stereocenters. The first kappa shape index (κ1) is 11.2. The molecule has 1 aliphatic rings. The first-order valence-corrected chi connectivity index (χ1v) is 5.64. The number of ether oxygens (including phenoxy) is 1. The van der Waals surface area contributed by atoms with Crippen LogP contribution in [0.15, 0.2) is 36.4 Å². The largest absolute Gasteiger partial charge is 0.488 e. The zero-order chi connectivity index (χ0) is 13.4. The molecule has 1 aliphatic heterocycles. The van der Waals surface area contributed by atoms with Gasteiger partial charge in [-0.15, -0.1) is 0 Å². The summed E-state index contributed by atoms with van der Waals surface area (Å²) in [5.74, 6) is 0.695. The van der Waals surface area contributed by atoms with Crippen LogP contribution in [0.5, 0.6) is 5.75 Å². The van der Waals surface area contributed by atoms with Gasteiger partial charge in [0.1, 0.15) is 18.4 Å². The minimum absolute atomic E-state index is 0.0849. The minimum atomic E-state index is -0.498. The van der Waals surface area contributed by atoms with Gasteiger partial charge in [-0.05, 0) is 6.07 Å². The van der Waals surface area contributed by atoms with Crippen molar-refractivity contribution in [1.29, 1.82) is 5.26 Å². The molecule has 0 fully saturated rings. The third kappa shape index (κ3) is 1.70. The number of non-ortho nitro benzene ring substituents is 1. The number of nitrogens with zero attached hydrogens (tertiary/aromatic N) is 2. The average molecular weight is 252 g/mol. The predicted molar refractivity (Wildman–Crippen MR) is 67.6 cm³/mol. The maximum Gasteiger partial charge on any atom is 0.271 e. The Balaban J connectivity index is 2.31. The smallest absolute Gasteiger partial charge is 0.271 e. The summed E-state index contributed by atoms with van der Waals surface area (Å²) in [5, 5.41) is 20.1. The maximum absolute atomic E-state index is 10.9. The van der Waals surface area contributed by atoms with Gasteiger partial charge >= 0.3 is 0 Å². The highest BCUT2D eigenvalue weighted by Crippen LogP contribution is 2.40. The lowest BCUT2D eigenvalue weighted by Crippen LogP contribution is -2.07. The molecule has 19 heavy (non-hydrogen) atoms. The second kappa shape index (κ2) is 4.10. The van der Waals surface area contributed by atoms with Crippen LogP contribution >= 0.6 is 0 Å². The van der Waals surface area contributed by atoms with E-state index in [0.717, 1.165) is 11.1 Å². The van der Waals surface area contributed by atoms with Gasteiger partial charge in [-0.1, -0.05) is 18.2 Å². The van der Waals surface area contributed by atoms with Crippen LogP contribution in [-0.2, 0) is 6.61 Å². The predicted octanol–water partition coefficient (Wildman–Crippen LogP) is 3.03. The Kier molecular flexibility index (Phi) is 2.43. The fraction of sp³-hybridized carbons (Fsp3) is 0.0714. The Bertz CT molecular complexity index is 732. The third-order valence-electron chi connectivity index (χ3n) is 3.08. The summed E-state index contributed by atoms with van der Waals surface area (Å²) in [4.78, 5) is 10.4. The molecule has 92 valence electrons. The Morgan fingerprint density at radius 3 is 2.84 bits per heavy atom. The molecule has 5 nitrogen and oxygen atoms in total. The van der Waals surface area contributed by atoms with Crippen molar-refractivity contribution in [2.24, 2.45) is 0 Å². The number of hydrogen-bond acceptors (Lipinski definition) is 4. The standard InChI is InChI=1S/C14H8N2O3/c15-7-9-5-11(16(17)18)6-10-8-19-13-4-2-1-3-12(13)14(9)10/h1-6H,8H2. The van der Waals surface area contributed by atoms with E-state index in [1.165, 1.54) is 12.1 Å². The average Bonchev–Trinajstić information content (AvgIpc) is 2.45. The number of nitriles is 1. The number of fused-ring (bicyclic) bond motifs is 3. The Morgan fingerprint density at radius 1 is 1.32 bits per heavy atom. The van der Waals surface area contributed by atoms with E-state index in [-0.39, 0.29) is 12.3 Å². The second-order valence-electron chi connectivity index (χ2n) is 4.18. The van der Waals surface area contributed by atoms with E-state index in [4.69, 9.17) is 4.74 Å². The van der Waals surface area contributed by atoms with Crippen molar-refractivity contribution in [3.63, 3.8) is 0 Å². The van der Waals surface area contributed by atoms with Crippen LogP contribution < -0.4 is 4.74 Å². The van der Waals surface area contributed by atoms with Gasteiger partial charge in [0.25, 0.3) is 5.69 Å². The first-order valence-electron chi connectivity index (χ1n) is 5.64. The lowest BCUT2D eigenvalue weighted by Gasteiger charge is -2.21. The summed E-state index contributed by atoms with van der Waals surface area (Å²) in [6, 6.07) is 12.2. The van der Waals surface area contributed by atoms with Crippen molar-refractivity contribution >= 4 is 5.69 Å². The molecule has 3 rings (SSSR count). The van der Waals surface area contributed by atoms with Crippen LogP contribution in [0.1, 0.15) is 11.1 Å². The molecule has 0 N–H and O–H groups in total. The lowest BCUT2D eigenvalue weighted by atomic mass is 9.92. The summed E-state index contributed by atoms with van der Waals surface area (Å²) in [6.45, 7) is 0.239. The zero-order valence-corrected chi connectivity index (χ0v) is 9.79. The molecule has 0 spiro atoms. The Morgan fingerprint density at radius 2 is 2.11 bits per heavy atom. The fourth-order valence-corrected chi connectivity index (χ4v) is 2.27. The minimum Gasteiger partial charge on any atom is -0.488 e. The molecule has 0 unspecified atom stereocenters. The molecule has 0 saturated heterocycles. The molecule has 0 radical (unpaired) electrons. The molecule has 0 saturated carbocycles. The van der Waals surface area contributed by atoms with E-state index in [0.29, 0.717) is 16.9 Å². The molecule has 0 aromatic heterocycles. The SMILES string of the molecule is N#Cc1cc([N+](=O)[O-])cc2c1-c1ccccc1OC2. The van der Waals surface area contributed by atoms with Gasteiger partial charge in [-0.3, -0.25) is 10.1 Å². The summed E-state index contributed by atoms with van der Waals surface area (Å²) in [6.07, 6.45) is 0. The van der Waals surface area contributed by atoms with E-state index in [1.54, 1.807) is 0 Å². The van der Waals surface area contributed by atoms with Crippen molar-refractivity contribution in [2.75, 3.05) is 0 Å². The van der Waals surface area contributed by atoms with Gasteiger partial charge in [-0.25, -0.2) is 0 Å². The Labute approximate surface area is 108 Å². The van der Waals surface area contributed by atoms with Gasteiger partial charge < -0.3 is 4.74 Å². The number of benzene rings is 2. The molecule has 0 bridgehead atoms. The van der Waals surface area contributed by atoms with Crippen molar-refractivity contribution in [3.8, 4) is 22.9 Å². The van der Waals surface area contributed by atoms with E-state index in [1.807, 2.05) is 30.3 Å². The Hall–Kier alpha value is -2.87. The molecular weight excluding hydrogens is 244 g/mol. The van der Waals surface area contributed by atoms with Crippen molar-refractivity contribution < 1.29 is 9.66 Å². The second-order valence-corrected chi connectivity index (χ2v) is 4.18. The summed E-state index contributed by atoms with van der Waals surface area (Å²) >= 11 is 0. The number of para-hydroxylation sites is 1. The number of nitro benzene ring substituents is 1. The summed E-state index contributed by atoms with van der Waals surface area (Å²) in [5.41, 5.74) is 2.42. The van der Waals surface area contributed by atoms with Crippen molar-refractivity contribution in [1.82, 2.24) is 0 Å². The molecule has 2 aromatic carbocycles. The van der Waals surface area contributed by atoms with Crippen molar-refractivity contribution in [3.05, 3.63) is 57.6 Å². The highest BCUT2D eigenvalue weighted by molar-refractivity contribution is 5.81. The maximum atomic E-state index is 10.9. The highest BCUT2D eigenvalue weighted by atomic mass is 16.6. The molecule has 0 aliphatic carbocycles. The van der Waals surface area contributed by atoms with Crippen LogP contribution in [0.4, 0.5) is 5.69 Å². The topological polar surface area (TPSA) is 76.2 Å². The van der Waals surface area contributed by atoms with E-state index in [9.17, 15) is 15.4 Å². The van der Waals surface area contributed by atoms with E-state index >= 15 is 0 Å². The quantitative estimate of drug-likeness (QED) is 0.577. The van der Waals surface area contributed by atoms with Crippen molar-refractivity contribution in [2.45, 2.75) is 6.61 Å². The van der Waals surface area contributed by atoms with Crippen LogP contribution in [-0.4, -0.2) is 4.92 Å². The number of rotatable bonds is 1. The van der Waals surface area contributed by atoms with E-state index < -0.39 is 4.92 Å². The van der Waals surface area contributed by atoms with Gasteiger partial charge in [-0.2, -0.15) is 5.26 Å². The third-order valence-corrected chi connectivity index (χ3v) is 3.08. The lowest BCUT2D eigenvalue weighted by molar-refractivity contribution is -0.384. The van der Waals surface area contributed by atoms with Crippen LogP contribution in [0.3, 0.4) is 0 Å². The van der Waals surface area contributed by atoms with E-state index in [2.05, 4.69) is 0 Å². The number of nitro groups is 1. The zero-order valence-electron chi connectivity index (χ0n) is 9.79. The summed E-state index contributed by atoms with van der Waals surface area (Å²) < 4.78 is 5.55. The highest BCUT2D eigenvalue weighted by Gasteiger charge is 2.23. The fourth-order valence-electron chi connectivity index (χ4n) is 2.27. The number of hydrogen-bond donors (Lipinski definition) is 0. The van der Waals surface area contributed by atoms with Gasteiger partial charge in [0.2, 0.25) is 0 Å².